The maximum Gasteiger partial charge on any atom is 0.306 e. The van der Waals surface area contributed by atoms with Gasteiger partial charge < -0.3 is 5.32 Å². The minimum absolute atomic E-state index is 0.210. The molecule has 0 unspecified atom stereocenters. The summed E-state index contributed by atoms with van der Waals surface area (Å²) in [7, 11) is 0. The van der Waals surface area contributed by atoms with E-state index in [9.17, 15) is 52.3 Å². The van der Waals surface area contributed by atoms with Crippen LogP contribution in [0.1, 0.15) is 0 Å². The van der Waals surface area contributed by atoms with Gasteiger partial charge in [-0.25, -0.2) is 22.0 Å². The lowest BCUT2D eigenvalue weighted by Gasteiger charge is -2.11. The number of non-ortho nitro benzene ring substituents is 1. The van der Waals surface area contributed by atoms with Crippen molar-refractivity contribution >= 4 is 28.4 Å². The molecule has 2 rings (SSSR count). The molecule has 2 aromatic carbocycles. The van der Waals surface area contributed by atoms with Crippen molar-refractivity contribution in [3.05, 3.63) is 71.6 Å². The fourth-order valence-electron chi connectivity index (χ4n) is 1.96. The predicted molar refractivity (Wildman–Crippen MR) is 75.9 cm³/mol. The molecule has 0 aliphatic carbocycles. The summed E-state index contributed by atoms with van der Waals surface area (Å²) >= 11 is 0. The van der Waals surface area contributed by atoms with E-state index >= 15 is 0 Å². The van der Waals surface area contributed by atoms with Crippen LogP contribution in [0.5, 0.6) is 0 Å². The highest BCUT2D eigenvalue weighted by molar-refractivity contribution is 5.81. The van der Waals surface area contributed by atoms with Crippen LogP contribution in [0.25, 0.3) is 0 Å². The van der Waals surface area contributed by atoms with Crippen LogP contribution in [0.3, 0.4) is 0 Å². The van der Waals surface area contributed by atoms with Crippen LogP contribution in [-0.4, -0.2) is 14.8 Å². The number of halogens is 5. The first-order valence-electron chi connectivity index (χ1n) is 6.37. The molecule has 1 N–H and O–H groups in total. The Kier molecular flexibility index (Phi) is 4.87. The summed E-state index contributed by atoms with van der Waals surface area (Å²) in [6, 6.07) is 0.419. The Morgan fingerprint density at radius 1 is 0.630 bits per heavy atom. The highest BCUT2D eigenvalue weighted by atomic mass is 19.2. The predicted octanol–water partition coefficient (Wildman–Crippen LogP) is 3.85. The number of nitrogens with one attached hydrogen (secondary N) is 1. The van der Waals surface area contributed by atoms with Crippen LogP contribution >= 0.6 is 0 Å². The molecule has 0 radical (unpaired) electrons. The quantitative estimate of drug-likeness (QED) is 0.267. The second kappa shape index (κ2) is 6.77. The first-order chi connectivity index (χ1) is 12.5. The van der Waals surface area contributed by atoms with E-state index < -0.39 is 72.3 Å². The zero-order valence-corrected chi connectivity index (χ0v) is 12.3. The molecular weight excluding hydrogens is 391 g/mol. The Bertz CT molecular complexity index is 950. The average Bonchev–Trinajstić information content (AvgIpc) is 2.61. The molecule has 15 heteroatoms. The van der Waals surface area contributed by atoms with Crippen molar-refractivity contribution < 1.29 is 36.7 Å². The second-order valence-corrected chi connectivity index (χ2v) is 4.70. The van der Waals surface area contributed by atoms with Crippen LogP contribution in [0.15, 0.2) is 12.1 Å². The van der Waals surface area contributed by atoms with Crippen molar-refractivity contribution in [2.24, 2.45) is 0 Å². The standard InChI is InChI=1S/C12H3F5N4O6/c13-6-7(14)9(16)12(10(17)8(6)15)18-11-4(20(24)25)1-3(19(22)23)2-5(11)21(26)27/h1-2,18H. The maximum atomic E-state index is 13.7. The van der Waals surface area contributed by atoms with E-state index in [2.05, 4.69) is 0 Å². The molecule has 0 spiro atoms. The molecule has 0 heterocycles. The van der Waals surface area contributed by atoms with Gasteiger partial charge in [0, 0.05) is 0 Å². The van der Waals surface area contributed by atoms with E-state index in [1.165, 1.54) is 5.32 Å². The van der Waals surface area contributed by atoms with Crippen molar-refractivity contribution in [3.8, 4) is 0 Å². The maximum absolute atomic E-state index is 13.7. The highest BCUT2D eigenvalue weighted by Crippen LogP contribution is 2.41. The van der Waals surface area contributed by atoms with Gasteiger partial charge in [0.1, 0.15) is 5.69 Å². The number of anilines is 2. The number of nitro groups is 3. The Hall–Kier alpha value is -3.91. The Balaban J connectivity index is 2.82. The zero-order valence-electron chi connectivity index (χ0n) is 12.3. The van der Waals surface area contributed by atoms with Gasteiger partial charge in [-0.2, -0.15) is 0 Å². The topological polar surface area (TPSA) is 141 Å². The van der Waals surface area contributed by atoms with Crippen LogP contribution in [0.2, 0.25) is 0 Å². The number of hydrogen-bond donors (Lipinski definition) is 1. The van der Waals surface area contributed by atoms with Gasteiger partial charge in [-0.3, -0.25) is 30.3 Å². The normalized spacial score (nSPS) is 10.6. The van der Waals surface area contributed by atoms with Crippen LogP contribution in [0.4, 0.5) is 50.4 Å². The highest BCUT2D eigenvalue weighted by Gasteiger charge is 2.34. The van der Waals surface area contributed by atoms with E-state index in [0.29, 0.717) is 0 Å². The third-order valence-electron chi connectivity index (χ3n) is 3.15. The van der Waals surface area contributed by atoms with Crippen LogP contribution < -0.4 is 5.32 Å². The first-order valence-corrected chi connectivity index (χ1v) is 6.37. The monoisotopic (exact) mass is 394 g/mol. The summed E-state index contributed by atoms with van der Waals surface area (Å²) < 4.78 is 67.0. The van der Waals surface area contributed by atoms with Gasteiger partial charge in [0.15, 0.2) is 29.0 Å². The summed E-state index contributed by atoms with van der Waals surface area (Å²) in [5.74, 6) is -12.3. The van der Waals surface area contributed by atoms with E-state index in [1.807, 2.05) is 0 Å². The number of benzene rings is 2. The number of rotatable bonds is 5. The van der Waals surface area contributed by atoms with Gasteiger partial charge in [-0.05, 0) is 0 Å². The van der Waals surface area contributed by atoms with Gasteiger partial charge in [-0.1, -0.05) is 0 Å². The van der Waals surface area contributed by atoms with Gasteiger partial charge in [0.05, 0.1) is 26.9 Å². The molecule has 0 amide bonds. The fourth-order valence-corrected chi connectivity index (χ4v) is 1.96. The molecule has 2 aromatic rings. The molecule has 0 saturated heterocycles. The van der Waals surface area contributed by atoms with Crippen molar-refractivity contribution in [2.75, 3.05) is 5.32 Å². The minimum Gasteiger partial charge on any atom is -0.339 e. The van der Waals surface area contributed by atoms with E-state index in [4.69, 9.17) is 0 Å². The van der Waals surface area contributed by atoms with E-state index in [0.717, 1.165) is 0 Å². The molecule has 27 heavy (non-hydrogen) atoms. The van der Waals surface area contributed by atoms with Gasteiger partial charge in [0.2, 0.25) is 5.82 Å². The van der Waals surface area contributed by atoms with Crippen molar-refractivity contribution in [3.63, 3.8) is 0 Å². The van der Waals surface area contributed by atoms with Crippen LogP contribution in [0, 0.1) is 59.4 Å². The summed E-state index contributed by atoms with van der Waals surface area (Å²) in [4.78, 5) is 28.8. The summed E-state index contributed by atoms with van der Waals surface area (Å²) in [6.07, 6.45) is 0. The minimum atomic E-state index is -2.52. The number of nitrogens with zero attached hydrogens (tertiary/aromatic N) is 3. The lowest BCUT2D eigenvalue weighted by atomic mass is 10.1. The van der Waals surface area contributed by atoms with Crippen LogP contribution in [-0.2, 0) is 0 Å². The molecule has 142 valence electrons. The Labute approximate surface area is 143 Å². The van der Waals surface area contributed by atoms with E-state index in [1.54, 1.807) is 0 Å². The van der Waals surface area contributed by atoms with Crippen molar-refractivity contribution in [2.45, 2.75) is 0 Å². The van der Waals surface area contributed by atoms with Crippen molar-refractivity contribution in [1.82, 2.24) is 0 Å². The smallest absolute Gasteiger partial charge is 0.306 e. The van der Waals surface area contributed by atoms with Gasteiger partial charge >= 0.3 is 11.4 Å². The SMILES string of the molecule is O=[N+]([O-])c1cc([N+](=O)[O-])c(Nc2c(F)c(F)c(F)c(F)c2F)c([N+](=O)[O-])c1. The lowest BCUT2D eigenvalue weighted by molar-refractivity contribution is -0.401. The largest absolute Gasteiger partial charge is 0.339 e. The summed E-state index contributed by atoms with van der Waals surface area (Å²) in [6.45, 7) is 0. The lowest BCUT2D eigenvalue weighted by Crippen LogP contribution is -2.09. The molecule has 0 fully saturated rings. The van der Waals surface area contributed by atoms with E-state index in [-0.39, 0.29) is 12.1 Å². The Morgan fingerprint density at radius 3 is 1.33 bits per heavy atom. The molecule has 0 aliphatic rings. The zero-order chi connectivity index (χ0) is 20.6. The summed E-state index contributed by atoms with van der Waals surface area (Å²) in [5, 5.41) is 34.2. The second-order valence-electron chi connectivity index (χ2n) is 4.70. The third-order valence-corrected chi connectivity index (χ3v) is 3.15. The first kappa shape index (κ1) is 19.4. The number of nitro benzene ring substituents is 3. The van der Waals surface area contributed by atoms with Crippen molar-refractivity contribution in [1.29, 1.82) is 0 Å². The molecule has 0 bridgehead atoms. The Morgan fingerprint density at radius 2 is 1.00 bits per heavy atom. The number of hydrogen-bond acceptors (Lipinski definition) is 7. The summed E-state index contributed by atoms with van der Waals surface area (Å²) in [5.41, 5.74) is -7.05. The molecule has 0 aromatic heterocycles. The molecule has 0 atom stereocenters. The molecule has 10 nitrogen and oxygen atoms in total. The fraction of sp³-hybridized carbons (Fsp3) is 0. The van der Waals surface area contributed by atoms with Gasteiger partial charge in [-0.15, -0.1) is 0 Å². The molecule has 0 aliphatic heterocycles. The van der Waals surface area contributed by atoms with Gasteiger partial charge in [0.25, 0.3) is 5.69 Å². The average molecular weight is 394 g/mol. The molecular formula is C12H3F5N4O6. The molecule has 0 saturated carbocycles. The third kappa shape index (κ3) is 3.29.